The molecule has 0 unspecified atom stereocenters. The number of carbonyl (C=O) groups excluding carboxylic acids is 2. The van der Waals surface area contributed by atoms with Gasteiger partial charge in [0.2, 0.25) is 0 Å². The van der Waals surface area contributed by atoms with Crippen molar-refractivity contribution in [3.05, 3.63) is 58.4 Å². The molecule has 0 saturated carbocycles. The normalized spacial score (nSPS) is 11.1. The maximum atomic E-state index is 12.1. The lowest BCUT2D eigenvalue weighted by Gasteiger charge is -2.25. The molecule has 0 radical (unpaired) electrons. The summed E-state index contributed by atoms with van der Waals surface area (Å²) in [5, 5.41) is 3.20. The van der Waals surface area contributed by atoms with E-state index in [1.54, 1.807) is 18.3 Å². The Labute approximate surface area is 182 Å². The molecular formula is C23H29ClN2O4. The van der Waals surface area contributed by atoms with Crippen molar-refractivity contribution in [1.82, 2.24) is 10.3 Å². The van der Waals surface area contributed by atoms with Crippen LogP contribution in [0.2, 0.25) is 5.15 Å². The average molecular weight is 433 g/mol. The Morgan fingerprint density at radius 1 is 1.20 bits per heavy atom. The summed E-state index contributed by atoms with van der Waals surface area (Å²) in [6.45, 7) is 7.04. The van der Waals surface area contributed by atoms with Gasteiger partial charge >= 0.3 is 5.97 Å². The van der Waals surface area contributed by atoms with E-state index in [1.165, 1.54) is 7.11 Å². The molecule has 0 aliphatic carbocycles. The monoisotopic (exact) mass is 432 g/mol. The molecule has 0 bridgehead atoms. The minimum atomic E-state index is -0.347. The van der Waals surface area contributed by atoms with Gasteiger partial charge in [0.1, 0.15) is 10.9 Å². The lowest BCUT2D eigenvalue weighted by Crippen LogP contribution is -2.26. The van der Waals surface area contributed by atoms with E-state index in [4.69, 9.17) is 16.3 Å². The Morgan fingerprint density at radius 3 is 2.53 bits per heavy atom. The largest absolute Gasteiger partial charge is 0.491 e. The molecule has 2 aromatic rings. The number of methoxy groups -OCH3 is 1. The summed E-state index contributed by atoms with van der Waals surface area (Å²) in [4.78, 5) is 27.3. The van der Waals surface area contributed by atoms with Crippen molar-refractivity contribution < 1.29 is 19.1 Å². The molecule has 1 aromatic carbocycles. The molecule has 1 aromatic heterocycles. The van der Waals surface area contributed by atoms with Crippen LogP contribution >= 0.6 is 11.6 Å². The summed E-state index contributed by atoms with van der Waals surface area (Å²) in [5.74, 6) is 0.165. The van der Waals surface area contributed by atoms with Gasteiger partial charge < -0.3 is 14.8 Å². The first-order chi connectivity index (χ1) is 14.2. The molecule has 0 atom stereocenters. The van der Waals surface area contributed by atoms with Crippen LogP contribution in [0, 0.1) is 12.3 Å². The second-order valence-electron chi connectivity index (χ2n) is 8.01. The molecule has 0 spiro atoms. The van der Waals surface area contributed by atoms with Crippen LogP contribution in [0.3, 0.4) is 0 Å². The summed E-state index contributed by atoms with van der Waals surface area (Å²) >= 11 is 5.95. The van der Waals surface area contributed by atoms with Crippen LogP contribution in [0.1, 0.15) is 48.2 Å². The van der Waals surface area contributed by atoms with Gasteiger partial charge in [0.05, 0.1) is 26.3 Å². The number of aromatic nitrogens is 1. The van der Waals surface area contributed by atoms with E-state index in [0.717, 1.165) is 24.0 Å². The van der Waals surface area contributed by atoms with Gasteiger partial charge in [-0.2, -0.15) is 0 Å². The van der Waals surface area contributed by atoms with Gasteiger partial charge in [0.15, 0.2) is 0 Å². The summed E-state index contributed by atoms with van der Waals surface area (Å²) in [6, 6.07) is 9.40. The standard InChI is InChI=1S/C23H29ClN2O4/c1-16-13-19(14-26-21(16)24)30-15-23(2,3)11-9-17-5-7-18(8-6-17)22(28)25-12-10-20(27)29-4/h5-8,13-14H,9-12,15H2,1-4H3,(H,25,28). The van der Waals surface area contributed by atoms with E-state index in [9.17, 15) is 9.59 Å². The Kier molecular flexibility index (Phi) is 8.66. The molecule has 0 saturated heterocycles. The van der Waals surface area contributed by atoms with Crippen molar-refractivity contribution in [2.24, 2.45) is 5.41 Å². The number of hydrogen-bond donors (Lipinski definition) is 1. The second kappa shape index (κ2) is 11.0. The molecule has 1 amide bonds. The van der Waals surface area contributed by atoms with Crippen LogP contribution < -0.4 is 10.1 Å². The fourth-order valence-electron chi connectivity index (χ4n) is 2.75. The van der Waals surface area contributed by atoms with Gasteiger partial charge in [0, 0.05) is 12.1 Å². The summed E-state index contributed by atoms with van der Waals surface area (Å²) in [6.07, 6.45) is 3.60. The van der Waals surface area contributed by atoms with Crippen LogP contribution in [0.5, 0.6) is 5.75 Å². The number of pyridine rings is 1. The highest BCUT2D eigenvalue weighted by molar-refractivity contribution is 6.30. The quantitative estimate of drug-likeness (QED) is 0.445. The van der Waals surface area contributed by atoms with Gasteiger partial charge in [-0.1, -0.05) is 37.6 Å². The number of ether oxygens (including phenoxy) is 2. The van der Waals surface area contributed by atoms with Crippen LogP contribution in [0.4, 0.5) is 0 Å². The van der Waals surface area contributed by atoms with E-state index in [2.05, 4.69) is 28.9 Å². The van der Waals surface area contributed by atoms with E-state index in [0.29, 0.717) is 23.1 Å². The Morgan fingerprint density at radius 2 is 1.90 bits per heavy atom. The van der Waals surface area contributed by atoms with Gasteiger partial charge in [-0.25, -0.2) is 4.98 Å². The number of rotatable bonds is 10. The van der Waals surface area contributed by atoms with Gasteiger partial charge in [0.25, 0.3) is 5.91 Å². The first-order valence-corrected chi connectivity index (χ1v) is 10.3. The van der Waals surface area contributed by atoms with Crippen LogP contribution in [0.25, 0.3) is 0 Å². The maximum Gasteiger partial charge on any atom is 0.307 e. The summed E-state index contributed by atoms with van der Waals surface area (Å²) in [5.41, 5.74) is 2.58. The van der Waals surface area contributed by atoms with Crippen molar-refractivity contribution >= 4 is 23.5 Å². The number of carbonyl (C=O) groups is 2. The molecule has 6 nitrogen and oxygen atoms in total. The SMILES string of the molecule is COC(=O)CCNC(=O)c1ccc(CCC(C)(C)COc2cnc(Cl)c(C)c2)cc1. The zero-order chi connectivity index (χ0) is 22.1. The number of hydrogen-bond acceptors (Lipinski definition) is 5. The fourth-order valence-corrected chi connectivity index (χ4v) is 2.85. The molecule has 0 aliphatic heterocycles. The number of nitrogens with one attached hydrogen (secondary N) is 1. The Hall–Kier alpha value is -2.60. The highest BCUT2D eigenvalue weighted by Gasteiger charge is 2.19. The third kappa shape index (κ3) is 7.67. The van der Waals surface area contributed by atoms with E-state index in [1.807, 2.05) is 25.1 Å². The highest BCUT2D eigenvalue weighted by Crippen LogP contribution is 2.26. The zero-order valence-corrected chi connectivity index (χ0v) is 18.7. The minimum Gasteiger partial charge on any atom is -0.491 e. The number of amides is 1. The van der Waals surface area contributed by atoms with Crippen molar-refractivity contribution in [2.45, 2.75) is 40.0 Å². The fraction of sp³-hybridized carbons (Fsp3) is 0.435. The van der Waals surface area contributed by atoms with E-state index >= 15 is 0 Å². The smallest absolute Gasteiger partial charge is 0.307 e. The van der Waals surface area contributed by atoms with Crippen molar-refractivity contribution in [1.29, 1.82) is 0 Å². The van der Waals surface area contributed by atoms with Crippen LogP contribution in [0.15, 0.2) is 36.5 Å². The Balaban J connectivity index is 1.80. The lowest BCUT2D eigenvalue weighted by molar-refractivity contribution is -0.140. The topological polar surface area (TPSA) is 77.5 Å². The molecule has 1 N–H and O–H groups in total. The van der Waals surface area contributed by atoms with Crippen LogP contribution in [-0.4, -0.2) is 37.1 Å². The number of aryl methyl sites for hydroxylation is 2. The number of esters is 1. The second-order valence-corrected chi connectivity index (χ2v) is 8.37. The predicted octanol–water partition coefficient (Wildman–Crippen LogP) is 4.37. The van der Waals surface area contributed by atoms with Gasteiger partial charge in [-0.15, -0.1) is 0 Å². The average Bonchev–Trinajstić information content (AvgIpc) is 2.73. The highest BCUT2D eigenvalue weighted by atomic mass is 35.5. The van der Waals surface area contributed by atoms with Crippen molar-refractivity contribution in [3.63, 3.8) is 0 Å². The van der Waals surface area contributed by atoms with E-state index in [-0.39, 0.29) is 30.3 Å². The number of halogens is 1. The molecule has 162 valence electrons. The van der Waals surface area contributed by atoms with Crippen molar-refractivity contribution in [2.75, 3.05) is 20.3 Å². The first kappa shape index (κ1) is 23.7. The molecule has 30 heavy (non-hydrogen) atoms. The van der Waals surface area contributed by atoms with Gasteiger partial charge in [-0.3, -0.25) is 9.59 Å². The lowest BCUT2D eigenvalue weighted by atomic mass is 9.87. The minimum absolute atomic E-state index is 0.0303. The number of nitrogens with zero attached hydrogens (tertiary/aromatic N) is 1. The molecule has 2 rings (SSSR count). The molecule has 0 fully saturated rings. The summed E-state index contributed by atoms with van der Waals surface area (Å²) < 4.78 is 10.5. The zero-order valence-electron chi connectivity index (χ0n) is 18.0. The molecule has 7 heteroatoms. The van der Waals surface area contributed by atoms with E-state index < -0.39 is 0 Å². The Bertz CT molecular complexity index is 866. The predicted molar refractivity (Wildman–Crippen MR) is 117 cm³/mol. The third-order valence-corrected chi connectivity index (χ3v) is 5.16. The first-order valence-electron chi connectivity index (χ1n) is 9.89. The molecular weight excluding hydrogens is 404 g/mol. The molecule has 0 aliphatic rings. The van der Waals surface area contributed by atoms with Gasteiger partial charge in [-0.05, 0) is 54.5 Å². The third-order valence-electron chi connectivity index (χ3n) is 4.77. The van der Waals surface area contributed by atoms with Crippen LogP contribution in [-0.2, 0) is 16.0 Å². The number of benzene rings is 1. The maximum absolute atomic E-state index is 12.1. The summed E-state index contributed by atoms with van der Waals surface area (Å²) in [7, 11) is 1.33. The van der Waals surface area contributed by atoms with Crippen molar-refractivity contribution in [3.8, 4) is 5.75 Å². The molecule has 1 heterocycles.